The van der Waals surface area contributed by atoms with E-state index in [1.54, 1.807) is 0 Å². The van der Waals surface area contributed by atoms with Gasteiger partial charge in [-0.2, -0.15) is 0 Å². The van der Waals surface area contributed by atoms with E-state index >= 15 is 0 Å². The highest BCUT2D eigenvalue weighted by molar-refractivity contribution is 6.02. The summed E-state index contributed by atoms with van der Waals surface area (Å²) in [5.74, 6) is 0.0888. The molecule has 0 spiro atoms. The molecule has 3 nitrogen and oxygen atoms in total. The number of rotatable bonds is 6. The molecule has 1 amide bonds. The molecule has 0 saturated carbocycles. The number of aryl methyl sites for hydroxylation is 2. The molecule has 0 atom stereocenters. The number of unbranched alkanes of at least 4 members (excludes halogenated alkanes) is 1. The third-order valence-corrected chi connectivity index (χ3v) is 4.12. The number of carbonyl (C=O) groups excluding carboxylic acids is 1. The van der Waals surface area contributed by atoms with Gasteiger partial charge in [-0.05, 0) is 37.8 Å². The second-order valence-corrected chi connectivity index (χ2v) is 5.91. The molecule has 0 saturated heterocycles. The van der Waals surface area contributed by atoms with Crippen LogP contribution in [0.5, 0.6) is 0 Å². The largest absolute Gasteiger partial charge is 0.357 e. The van der Waals surface area contributed by atoms with Crippen LogP contribution in [-0.4, -0.2) is 10.9 Å². The molecule has 0 aliphatic heterocycles. The zero-order chi connectivity index (χ0) is 16.1. The lowest BCUT2D eigenvalue weighted by Gasteiger charge is -2.06. The minimum Gasteiger partial charge on any atom is -0.357 e. The van der Waals surface area contributed by atoms with E-state index in [0.717, 1.165) is 41.5 Å². The molecule has 3 heteroatoms. The molecule has 2 aromatic carbocycles. The van der Waals surface area contributed by atoms with Gasteiger partial charge in [0.1, 0.15) is 0 Å². The van der Waals surface area contributed by atoms with Crippen LogP contribution in [0.3, 0.4) is 0 Å². The fourth-order valence-corrected chi connectivity index (χ4v) is 2.90. The Hall–Kier alpha value is -2.55. The Balaban J connectivity index is 1.52. The Bertz CT molecular complexity index is 790. The minimum absolute atomic E-state index is 0.0888. The number of aromatic amines is 1. The van der Waals surface area contributed by atoms with Crippen molar-refractivity contribution in [1.82, 2.24) is 4.98 Å². The predicted octanol–water partition coefficient (Wildman–Crippen LogP) is 4.83. The van der Waals surface area contributed by atoms with Crippen molar-refractivity contribution in [2.24, 2.45) is 0 Å². The number of nitrogens with one attached hydrogen (secondary N) is 2. The van der Waals surface area contributed by atoms with Crippen LogP contribution in [-0.2, 0) is 11.2 Å². The number of anilines is 1. The molecule has 1 heterocycles. The van der Waals surface area contributed by atoms with Gasteiger partial charge < -0.3 is 10.3 Å². The topological polar surface area (TPSA) is 44.9 Å². The molecule has 2 N–H and O–H groups in total. The lowest BCUT2D eigenvalue weighted by atomic mass is 10.1. The zero-order valence-electron chi connectivity index (χ0n) is 13.4. The van der Waals surface area contributed by atoms with Gasteiger partial charge in [-0.15, -0.1) is 0 Å². The number of amides is 1. The van der Waals surface area contributed by atoms with Gasteiger partial charge in [-0.3, -0.25) is 4.79 Å². The number of para-hydroxylation sites is 1. The summed E-state index contributed by atoms with van der Waals surface area (Å²) in [5, 5.41) is 4.13. The van der Waals surface area contributed by atoms with E-state index in [9.17, 15) is 4.79 Å². The van der Waals surface area contributed by atoms with Crippen LogP contribution in [0.2, 0.25) is 0 Å². The van der Waals surface area contributed by atoms with Gasteiger partial charge in [0.25, 0.3) is 0 Å². The summed E-state index contributed by atoms with van der Waals surface area (Å²) in [7, 11) is 0. The SMILES string of the molecule is Cc1[nH]c2ccccc2c1NC(=O)CCCCc1ccccc1. The van der Waals surface area contributed by atoms with Crippen LogP contribution in [0.1, 0.15) is 30.5 Å². The maximum atomic E-state index is 12.2. The Morgan fingerprint density at radius 3 is 2.57 bits per heavy atom. The molecular weight excluding hydrogens is 284 g/mol. The number of aromatic nitrogens is 1. The maximum absolute atomic E-state index is 12.2. The van der Waals surface area contributed by atoms with E-state index in [-0.39, 0.29) is 5.91 Å². The van der Waals surface area contributed by atoms with E-state index < -0.39 is 0 Å². The third kappa shape index (κ3) is 3.81. The number of carbonyl (C=O) groups is 1. The molecular formula is C20H22N2O. The van der Waals surface area contributed by atoms with Gasteiger partial charge in [0.2, 0.25) is 5.91 Å². The molecule has 118 valence electrons. The van der Waals surface area contributed by atoms with Crippen molar-refractivity contribution in [2.75, 3.05) is 5.32 Å². The first kappa shape index (κ1) is 15.3. The normalized spacial score (nSPS) is 10.8. The third-order valence-electron chi connectivity index (χ3n) is 4.12. The summed E-state index contributed by atoms with van der Waals surface area (Å²) in [6, 6.07) is 18.5. The number of hydrogen-bond donors (Lipinski definition) is 2. The van der Waals surface area contributed by atoms with Crippen LogP contribution in [0.4, 0.5) is 5.69 Å². The number of benzene rings is 2. The maximum Gasteiger partial charge on any atom is 0.224 e. The summed E-state index contributed by atoms with van der Waals surface area (Å²) in [5.41, 5.74) is 4.31. The summed E-state index contributed by atoms with van der Waals surface area (Å²) >= 11 is 0. The number of hydrogen-bond acceptors (Lipinski definition) is 1. The van der Waals surface area contributed by atoms with Crippen molar-refractivity contribution < 1.29 is 4.79 Å². The molecule has 0 aliphatic carbocycles. The molecule has 0 bridgehead atoms. The van der Waals surface area contributed by atoms with Crippen molar-refractivity contribution in [3.05, 3.63) is 65.9 Å². The Kier molecular flexibility index (Phi) is 4.77. The lowest BCUT2D eigenvalue weighted by Crippen LogP contribution is -2.11. The Labute approximate surface area is 136 Å². The van der Waals surface area contributed by atoms with Crippen molar-refractivity contribution in [3.8, 4) is 0 Å². The monoisotopic (exact) mass is 306 g/mol. The minimum atomic E-state index is 0.0888. The molecule has 3 aromatic rings. The van der Waals surface area contributed by atoms with Gasteiger partial charge in [0.05, 0.1) is 5.69 Å². The first-order valence-corrected chi connectivity index (χ1v) is 8.15. The summed E-state index contributed by atoms with van der Waals surface area (Å²) in [6.07, 6.45) is 3.53. The Morgan fingerprint density at radius 2 is 1.74 bits per heavy atom. The van der Waals surface area contributed by atoms with Crippen LogP contribution in [0.15, 0.2) is 54.6 Å². The van der Waals surface area contributed by atoms with Gasteiger partial charge in [-0.25, -0.2) is 0 Å². The molecule has 23 heavy (non-hydrogen) atoms. The lowest BCUT2D eigenvalue weighted by molar-refractivity contribution is -0.116. The second kappa shape index (κ2) is 7.14. The molecule has 0 fully saturated rings. The standard InChI is InChI=1S/C20H22N2O/c1-15-20(17-12-6-7-13-18(17)21-15)22-19(23)14-8-5-11-16-9-3-2-4-10-16/h2-4,6-7,9-10,12-13,21H,5,8,11,14H2,1H3,(H,22,23). The van der Waals surface area contributed by atoms with Crippen LogP contribution in [0.25, 0.3) is 10.9 Å². The first-order valence-electron chi connectivity index (χ1n) is 8.15. The van der Waals surface area contributed by atoms with Crippen LogP contribution in [0, 0.1) is 6.92 Å². The smallest absolute Gasteiger partial charge is 0.224 e. The summed E-state index contributed by atoms with van der Waals surface area (Å²) in [6.45, 7) is 1.99. The molecule has 3 rings (SSSR count). The quantitative estimate of drug-likeness (QED) is 0.630. The van der Waals surface area contributed by atoms with Crippen LogP contribution < -0.4 is 5.32 Å². The van der Waals surface area contributed by atoms with E-state index in [0.29, 0.717) is 6.42 Å². The average molecular weight is 306 g/mol. The average Bonchev–Trinajstić information content (AvgIpc) is 2.88. The van der Waals surface area contributed by atoms with E-state index in [1.807, 2.05) is 37.3 Å². The second-order valence-electron chi connectivity index (χ2n) is 5.91. The van der Waals surface area contributed by atoms with Crippen molar-refractivity contribution >= 4 is 22.5 Å². The summed E-state index contributed by atoms with van der Waals surface area (Å²) in [4.78, 5) is 15.5. The Morgan fingerprint density at radius 1 is 1.00 bits per heavy atom. The van der Waals surface area contributed by atoms with Gasteiger partial charge in [-0.1, -0.05) is 48.5 Å². The highest BCUT2D eigenvalue weighted by Gasteiger charge is 2.10. The van der Waals surface area contributed by atoms with Crippen LogP contribution >= 0.6 is 0 Å². The zero-order valence-corrected chi connectivity index (χ0v) is 13.4. The highest BCUT2D eigenvalue weighted by atomic mass is 16.1. The fourth-order valence-electron chi connectivity index (χ4n) is 2.90. The molecule has 0 radical (unpaired) electrons. The van der Waals surface area contributed by atoms with E-state index in [2.05, 4.69) is 34.6 Å². The van der Waals surface area contributed by atoms with Gasteiger partial charge >= 0.3 is 0 Å². The predicted molar refractivity (Wildman–Crippen MR) is 95.7 cm³/mol. The van der Waals surface area contributed by atoms with E-state index in [1.165, 1.54) is 5.56 Å². The summed E-state index contributed by atoms with van der Waals surface area (Å²) < 4.78 is 0. The number of H-pyrrole nitrogens is 1. The van der Waals surface area contributed by atoms with Gasteiger partial charge in [0, 0.05) is 23.0 Å². The first-order chi connectivity index (χ1) is 11.2. The molecule has 0 unspecified atom stereocenters. The van der Waals surface area contributed by atoms with Crippen molar-refractivity contribution in [2.45, 2.75) is 32.6 Å². The van der Waals surface area contributed by atoms with Gasteiger partial charge in [0.15, 0.2) is 0 Å². The van der Waals surface area contributed by atoms with Crippen molar-refractivity contribution in [1.29, 1.82) is 0 Å². The molecule has 1 aromatic heterocycles. The fraction of sp³-hybridized carbons (Fsp3) is 0.250. The number of fused-ring (bicyclic) bond motifs is 1. The van der Waals surface area contributed by atoms with E-state index in [4.69, 9.17) is 0 Å². The highest BCUT2D eigenvalue weighted by Crippen LogP contribution is 2.27. The molecule has 0 aliphatic rings. The van der Waals surface area contributed by atoms with Crippen molar-refractivity contribution in [3.63, 3.8) is 0 Å².